The second-order valence-corrected chi connectivity index (χ2v) is 5.81. The number of hydrogen-bond donors (Lipinski definition) is 2. The van der Waals surface area contributed by atoms with Crippen molar-refractivity contribution < 1.29 is 23.1 Å². The number of anilines is 1. The van der Waals surface area contributed by atoms with Gasteiger partial charge in [0.25, 0.3) is 0 Å². The van der Waals surface area contributed by atoms with Crippen LogP contribution in [0.3, 0.4) is 0 Å². The molecule has 1 aliphatic carbocycles. The van der Waals surface area contributed by atoms with Crippen LogP contribution in [-0.2, 0) is 11.0 Å². The highest BCUT2D eigenvalue weighted by Crippen LogP contribution is 2.35. The first-order chi connectivity index (χ1) is 9.79. The number of aromatic nitrogens is 2. The molecule has 2 rings (SSSR count). The van der Waals surface area contributed by atoms with E-state index in [9.17, 15) is 18.0 Å². The number of halogens is 3. The third-order valence-corrected chi connectivity index (χ3v) is 4.27. The molecule has 0 aliphatic heterocycles. The van der Waals surface area contributed by atoms with Gasteiger partial charge in [-0.05, 0) is 19.4 Å². The van der Waals surface area contributed by atoms with Crippen molar-refractivity contribution >= 4 is 22.4 Å². The molecule has 0 spiro atoms. The molecule has 0 amide bonds. The summed E-state index contributed by atoms with van der Waals surface area (Å²) in [6.45, 7) is 2.48. The molecule has 0 radical (unpaired) electrons. The summed E-state index contributed by atoms with van der Waals surface area (Å²) >= 11 is 0.477. The number of likely N-dealkylation sites (N-methyl/N-ethyl adjacent to an activating group) is 1. The summed E-state index contributed by atoms with van der Waals surface area (Å²) in [6, 6.07) is 0.144. The minimum atomic E-state index is -4.47. The van der Waals surface area contributed by atoms with Gasteiger partial charge in [-0.25, -0.2) is 0 Å². The topological polar surface area (TPSA) is 78.4 Å². The molecule has 2 N–H and O–H groups in total. The molecule has 1 aromatic rings. The summed E-state index contributed by atoms with van der Waals surface area (Å²) in [5.74, 6) is -0.882. The monoisotopic (exact) mass is 324 g/mol. The molecule has 1 fully saturated rings. The van der Waals surface area contributed by atoms with Gasteiger partial charge in [-0.15, -0.1) is 10.2 Å². The van der Waals surface area contributed by atoms with Crippen molar-refractivity contribution in [3.05, 3.63) is 5.01 Å². The largest absolute Gasteiger partial charge is 0.480 e. The van der Waals surface area contributed by atoms with Crippen molar-refractivity contribution in [1.29, 1.82) is 0 Å². The average Bonchev–Trinajstić information content (AvgIpc) is 2.78. The van der Waals surface area contributed by atoms with E-state index in [2.05, 4.69) is 15.5 Å². The maximum Gasteiger partial charge on any atom is 0.445 e. The summed E-state index contributed by atoms with van der Waals surface area (Å²) in [7, 11) is 0. The lowest BCUT2D eigenvalue weighted by molar-refractivity contribution is -0.139. The van der Waals surface area contributed by atoms with Gasteiger partial charge in [-0.3, -0.25) is 9.69 Å². The summed E-state index contributed by atoms with van der Waals surface area (Å²) < 4.78 is 37.2. The quantitative estimate of drug-likeness (QED) is 0.832. The van der Waals surface area contributed by atoms with E-state index in [1.807, 2.05) is 11.8 Å². The average molecular weight is 324 g/mol. The lowest BCUT2D eigenvalue weighted by Crippen LogP contribution is -2.51. The van der Waals surface area contributed by atoms with Gasteiger partial charge in [-0.2, -0.15) is 13.2 Å². The van der Waals surface area contributed by atoms with Crippen LogP contribution in [0.1, 0.15) is 24.8 Å². The summed E-state index contributed by atoms with van der Waals surface area (Å²) in [6.07, 6.45) is -3.11. The van der Waals surface area contributed by atoms with Crippen molar-refractivity contribution in [3.63, 3.8) is 0 Å². The van der Waals surface area contributed by atoms with Crippen LogP contribution in [0.4, 0.5) is 18.3 Å². The number of carboxylic acids is 1. The van der Waals surface area contributed by atoms with E-state index in [1.165, 1.54) is 0 Å². The number of nitrogens with zero attached hydrogens (tertiary/aromatic N) is 3. The number of alkyl halides is 3. The molecule has 1 aromatic heterocycles. The zero-order valence-electron chi connectivity index (χ0n) is 11.2. The van der Waals surface area contributed by atoms with Gasteiger partial charge in [0.05, 0.1) is 6.54 Å². The van der Waals surface area contributed by atoms with Gasteiger partial charge in [0.1, 0.15) is 0 Å². The Morgan fingerprint density at radius 1 is 1.48 bits per heavy atom. The number of rotatable bonds is 6. The Bertz CT molecular complexity index is 502. The number of hydrogen-bond acceptors (Lipinski definition) is 6. The summed E-state index contributed by atoms with van der Waals surface area (Å²) in [4.78, 5) is 12.5. The van der Waals surface area contributed by atoms with Crippen molar-refractivity contribution in [2.75, 3.05) is 18.4 Å². The molecule has 1 aliphatic rings. The van der Waals surface area contributed by atoms with Gasteiger partial charge >= 0.3 is 12.1 Å². The molecular weight excluding hydrogens is 309 g/mol. The van der Waals surface area contributed by atoms with Crippen LogP contribution in [0, 0.1) is 0 Å². The molecule has 0 saturated heterocycles. The molecular formula is C11H15F3N4O2S. The number of carbonyl (C=O) groups is 1. The maximum absolute atomic E-state index is 12.4. The van der Waals surface area contributed by atoms with Crippen LogP contribution in [0.15, 0.2) is 0 Å². The molecule has 0 unspecified atom stereocenters. The van der Waals surface area contributed by atoms with Crippen molar-refractivity contribution in [1.82, 2.24) is 15.1 Å². The van der Waals surface area contributed by atoms with E-state index in [4.69, 9.17) is 5.11 Å². The zero-order chi connectivity index (χ0) is 15.6. The number of carboxylic acid groups (broad SMARTS) is 1. The fraction of sp³-hybridized carbons (Fsp3) is 0.727. The van der Waals surface area contributed by atoms with Gasteiger partial charge in [-0.1, -0.05) is 18.3 Å². The maximum atomic E-state index is 12.4. The summed E-state index contributed by atoms with van der Waals surface area (Å²) in [5, 5.41) is 17.4. The Morgan fingerprint density at radius 2 is 2.14 bits per heavy atom. The molecule has 10 heteroatoms. The fourth-order valence-corrected chi connectivity index (χ4v) is 2.94. The number of nitrogens with one attached hydrogen (secondary N) is 1. The highest BCUT2D eigenvalue weighted by atomic mass is 32.1. The lowest BCUT2D eigenvalue weighted by Gasteiger charge is -2.42. The lowest BCUT2D eigenvalue weighted by atomic mass is 9.85. The third kappa shape index (κ3) is 4.03. The van der Waals surface area contributed by atoms with Crippen LogP contribution in [-0.4, -0.2) is 51.3 Å². The van der Waals surface area contributed by atoms with Gasteiger partial charge in [0.2, 0.25) is 10.1 Å². The van der Waals surface area contributed by atoms with Crippen molar-refractivity contribution in [2.45, 2.75) is 38.0 Å². The van der Waals surface area contributed by atoms with E-state index in [-0.39, 0.29) is 23.8 Å². The minimum absolute atomic E-state index is 0.00637. The number of aliphatic carboxylic acids is 1. The molecule has 118 valence electrons. The molecule has 0 aromatic carbocycles. The third-order valence-electron chi connectivity index (χ3n) is 3.37. The highest BCUT2D eigenvalue weighted by Gasteiger charge is 2.37. The SMILES string of the molecule is CCN(CC(=O)O)C1CC(Nc2nnc(C(F)(F)F)s2)C1. The Hall–Kier alpha value is -1.42. The summed E-state index contributed by atoms with van der Waals surface area (Å²) in [5.41, 5.74) is 0. The zero-order valence-corrected chi connectivity index (χ0v) is 12.0. The van der Waals surface area contributed by atoms with E-state index in [1.54, 1.807) is 0 Å². The molecule has 0 atom stereocenters. The first-order valence-electron chi connectivity index (χ1n) is 6.42. The van der Waals surface area contributed by atoms with Crippen LogP contribution in [0.5, 0.6) is 0 Å². The van der Waals surface area contributed by atoms with E-state index in [0.717, 1.165) is 0 Å². The van der Waals surface area contributed by atoms with Crippen LogP contribution >= 0.6 is 11.3 Å². The predicted octanol–water partition coefficient (Wildman–Crippen LogP) is 1.91. The second-order valence-electron chi connectivity index (χ2n) is 4.83. The molecule has 6 nitrogen and oxygen atoms in total. The molecule has 0 bridgehead atoms. The minimum Gasteiger partial charge on any atom is -0.480 e. The van der Waals surface area contributed by atoms with Crippen LogP contribution in [0.2, 0.25) is 0 Å². The smallest absolute Gasteiger partial charge is 0.445 e. The van der Waals surface area contributed by atoms with E-state index in [0.29, 0.717) is 30.7 Å². The highest BCUT2D eigenvalue weighted by molar-refractivity contribution is 7.15. The molecule has 21 heavy (non-hydrogen) atoms. The Labute approximate surface area is 123 Å². The van der Waals surface area contributed by atoms with Crippen LogP contribution < -0.4 is 5.32 Å². The van der Waals surface area contributed by atoms with Crippen molar-refractivity contribution in [2.24, 2.45) is 0 Å². The fourth-order valence-electron chi connectivity index (χ4n) is 2.25. The first kappa shape index (κ1) is 16.0. The molecule has 1 heterocycles. The van der Waals surface area contributed by atoms with Crippen molar-refractivity contribution in [3.8, 4) is 0 Å². The first-order valence-corrected chi connectivity index (χ1v) is 7.24. The molecule has 1 saturated carbocycles. The van der Waals surface area contributed by atoms with E-state index < -0.39 is 17.2 Å². The predicted molar refractivity (Wildman–Crippen MR) is 70.2 cm³/mol. The Morgan fingerprint density at radius 3 is 2.62 bits per heavy atom. The van der Waals surface area contributed by atoms with Gasteiger partial charge < -0.3 is 10.4 Å². The standard InChI is InChI=1S/C11H15F3N4O2S/c1-2-18(5-8(19)20)7-3-6(4-7)15-10-17-16-9(21-10)11(12,13)14/h6-7H,2-5H2,1H3,(H,15,17)(H,19,20). The second kappa shape index (κ2) is 6.14. The Kier molecular flexibility index (Phi) is 4.67. The van der Waals surface area contributed by atoms with Gasteiger partial charge in [0.15, 0.2) is 0 Å². The van der Waals surface area contributed by atoms with Gasteiger partial charge in [0, 0.05) is 12.1 Å². The van der Waals surface area contributed by atoms with E-state index >= 15 is 0 Å². The van der Waals surface area contributed by atoms with Crippen LogP contribution in [0.25, 0.3) is 0 Å². The Balaban J connectivity index is 1.82. The normalized spacial score (nSPS) is 22.1.